The van der Waals surface area contributed by atoms with Crippen LogP contribution in [-0.4, -0.2) is 38.8 Å². The Bertz CT molecular complexity index is 352. The average molecular weight is 225 g/mol. The first-order valence-electron chi connectivity index (χ1n) is 5.71. The summed E-state index contributed by atoms with van der Waals surface area (Å²) in [6, 6.07) is 0. The van der Waals surface area contributed by atoms with Crippen LogP contribution in [0.4, 0.5) is 0 Å². The van der Waals surface area contributed by atoms with E-state index in [1.807, 2.05) is 6.92 Å². The summed E-state index contributed by atoms with van der Waals surface area (Å²) >= 11 is 0. The molecule has 0 atom stereocenters. The molecule has 1 aromatic rings. The second-order valence-electron chi connectivity index (χ2n) is 5.34. The molecule has 16 heavy (non-hydrogen) atoms. The predicted molar refractivity (Wildman–Crippen MR) is 58.7 cm³/mol. The van der Waals surface area contributed by atoms with Crippen molar-refractivity contribution in [3.05, 3.63) is 11.7 Å². The molecule has 5 nitrogen and oxygen atoms in total. The lowest BCUT2D eigenvalue weighted by Crippen LogP contribution is -2.59. The summed E-state index contributed by atoms with van der Waals surface area (Å²) < 4.78 is 5.16. The standard InChI is InChI=1S/C11H19N3O2/c1-8(2)4-9-12-10(16-13-9)5-14-6-11(3,15)7-14/h8,15H,4-7H2,1-3H3. The molecule has 0 bridgehead atoms. The number of β-amino-alcohol motifs (C(OH)–C–C–N with tert-alkyl or cyclic N) is 1. The van der Waals surface area contributed by atoms with Crippen molar-refractivity contribution in [2.24, 2.45) is 5.92 Å². The van der Waals surface area contributed by atoms with Crippen LogP contribution < -0.4 is 0 Å². The van der Waals surface area contributed by atoms with Crippen LogP contribution in [0.5, 0.6) is 0 Å². The Morgan fingerprint density at radius 2 is 2.19 bits per heavy atom. The number of hydrogen-bond donors (Lipinski definition) is 1. The van der Waals surface area contributed by atoms with Crippen molar-refractivity contribution in [1.29, 1.82) is 0 Å². The first-order chi connectivity index (χ1) is 7.44. The van der Waals surface area contributed by atoms with E-state index in [2.05, 4.69) is 28.9 Å². The van der Waals surface area contributed by atoms with Crippen molar-refractivity contribution >= 4 is 0 Å². The van der Waals surface area contributed by atoms with Crippen LogP contribution in [0.2, 0.25) is 0 Å². The summed E-state index contributed by atoms with van der Waals surface area (Å²) in [5.74, 6) is 1.96. The number of aromatic nitrogens is 2. The number of likely N-dealkylation sites (tertiary alicyclic amines) is 1. The van der Waals surface area contributed by atoms with E-state index in [1.165, 1.54) is 0 Å². The third kappa shape index (κ3) is 2.80. The Labute approximate surface area is 95.4 Å². The maximum absolute atomic E-state index is 9.58. The minimum Gasteiger partial charge on any atom is -0.388 e. The van der Waals surface area contributed by atoms with E-state index in [4.69, 9.17) is 4.52 Å². The van der Waals surface area contributed by atoms with Crippen molar-refractivity contribution in [2.75, 3.05) is 13.1 Å². The third-order valence-electron chi connectivity index (χ3n) is 2.59. The van der Waals surface area contributed by atoms with Gasteiger partial charge in [-0.15, -0.1) is 0 Å². The lowest BCUT2D eigenvalue weighted by Gasteiger charge is -2.43. The molecular weight excluding hydrogens is 206 g/mol. The highest BCUT2D eigenvalue weighted by Gasteiger charge is 2.36. The van der Waals surface area contributed by atoms with Crippen molar-refractivity contribution < 1.29 is 9.63 Å². The molecule has 1 aliphatic rings. The second kappa shape index (κ2) is 4.14. The summed E-state index contributed by atoms with van der Waals surface area (Å²) in [7, 11) is 0. The van der Waals surface area contributed by atoms with Crippen molar-refractivity contribution in [2.45, 2.75) is 39.3 Å². The van der Waals surface area contributed by atoms with Gasteiger partial charge in [-0.3, -0.25) is 4.90 Å². The molecule has 1 fully saturated rings. The van der Waals surface area contributed by atoms with Crippen LogP contribution in [0.15, 0.2) is 4.52 Å². The van der Waals surface area contributed by atoms with Crippen LogP contribution in [0.25, 0.3) is 0 Å². The summed E-state index contributed by atoms with van der Waals surface area (Å²) in [6.45, 7) is 8.08. The highest BCUT2D eigenvalue weighted by molar-refractivity contribution is 4.95. The first-order valence-corrected chi connectivity index (χ1v) is 5.71. The van der Waals surface area contributed by atoms with Gasteiger partial charge in [0.2, 0.25) is 5.89 Å². The van der Waals surface area contributed by atoms with E-state index in [-0.39, 0.29) is 0 Å². The Kier molecular flexibility index (Phi) is 2.99. The Morgan fingerprint density at radius 3 is 2.75 bits per heavy atom. The maximum atomic E-state index is 9.58. The van der Waals surface area contributed by atoms with Crippen molar-refractivity contribution in [3.8, 4) is 0 Å². The molecule has 0 spiro atoms. The van der Waals surface area contributed by atoms with E-state index >= 15 is 0 Å². The SMILES string of the molecule is CC(C)Cc1noc(CN2CC(C)(O)C2)n1. The fraction of sp³-hybridized carbons (Fsp3) is 0.818. The monoisotopic (exact) mass is 225 g/mol. The summed E-state index contributed by atoms with van der Waals surface area (Å²) in [5, 5.41) is 13.5. The molecule has 90 valence electrons. The van der Waals surface area contributed by atoms with Gasteiger partial charge in [-0.2, -0.15) is 4.98 Å². The van der Waals surface area contributed by atoms with Gasteiger partial charge in [0, 0.05) is 19.5 Å². The smallest absolute Gasteiger partial charge is 0.240 e. The van der Waals surface area contributed by atoms with Gasteiger partial charge in [0.15, 0.2) is 5.82 Å². The fourth-order valence-electron chi connectivity index (χ4n) is 2.02. The van der Waals surface area contributed by atoms with Crippen molar-refractivity contribution in [3.63, 3.8) is 0 Å². The highest BCUT2D eigenvalue weighted by atomic mass is 16.5. The molecular formula is C11H19N3O2. The van der Waals surface area contributed by atoms with Gasteiger partial charge in [0.25, 0.3) is 0 Å². The number of hydrogen-bond acceptors (Lipinski definition) is 5. The van der Waals surface area contributed by atoms with E-state index < -0.39 is 5.60 Å². The molecule has 0 aromatic carbocycles. The first kappa shape index (κ1) is 11.5. The predicted octanol–water partition coefficient (Wildman–Crippen LogP) is 0.835. The van der Waals surface area contributed by atoms with Crippen LogP contribution in [-0.2, 0) is 13.0 Å². The number of rotatable bonds is 4. The van der Waals surface area contributed by atoms with E-state index in [9.17, 15) is 5.11 Å². The fourth-order valence-corrected chi connectivity index (χ4v) is 2.02. The highest BCUT2D eigenvalue weighted by Crippen LogP contribution is 2.21. The minimum atomic E-state index is -0.541. The molecule has 1 saturated heterocycles. The van der Waals surface area contributed by atoms with Crippen LogP contribution >= 0.6 is 0 Å². The Morgan fingerprint density at radius 1 is 1.50 bits per heavy atom. The molecule has 0 saturated carbocycles. The zero-order valence-corrected chi connectivity index (χ0v) is 10.1. The normalized spacial score (nSPS) is 20.1. The molecule has 1 aliphatic heterocycles. The van der Waals surface area contributed by atoms with Gasteiger partial charge < -0.3 is 9.63 Å². The van der Waals surface area contributed by atoms with Gasteiger partial charge in [-0.05, 0) is 12.8 Å². The molecule has 0 aliphatic carbocycles. The molecule has 0 amide bonds. The number of aliphatic hydroxyl groups is 1. The van der Waals surface area contributed by atoms with Gasteiger partial charge in [0.05, 0.1) is 12.1 Å². The zero-order valence-electron chi connectivity index (χ0n) is 10.1. The van der Waals surface area contributed by atoms with Gasteiger partial charge in [-0.25, -0.2) is 0 Å². The maximum Gasteiger partial charge on any atom is 0.240 e. The largest absolute Gasteiger partial charge is 0.388 e. The molecule has 1 N–H and O–H groups in total. The van der Waals surface area contributed by atoms with Crippen molar-refractivity contribution in [1.82, 2.24) is 15.0 Å². The molecule has 5 heteroatoms. The molecule has 0 radical (unpaired) electrons. The van der Waals surface area contributed by atoms with Gasteiger partial charge in [-0.1, -0.05) is 19.0 Å². The lowest BCUT2D eigenvalue weighted by atomic mass is 9.97. The number of nitrogens with zero attached hydrogens (tertiary/aromatic N) is 3. The van der Waals surface area contributed by atoms with E-state index in [0.29, 0.717) is 31.4 Å². The minimum absolute atomic E-state index is 0.537. The lowest BCUT2D eigenvalue weighted by molar-refractivity contribution is -0.0901. The summed E-state index contributed by atoms with van der Waals surface area (Å²) in [4.78, 5) is 6.41. The Hall–Kier alpha value is -0.940. The summed E-state index contributed by atoms with van der Waals surface area (Å²) in [5.41, 5.74) is -0.541. The van der Waals surface area contributed by atoms with E-state index in [1.54, 1.807) is 0 Å². The average Bonchev–Trinajstić information content (AvgIpc) is 2.48. The molecule has 0 unspecified atom stereocenters. The quantitative estimate of drug-likeness (QED) is 0.822. The Balaban J connectivity index is 1.84. The van der Waals surface area contributed by atoms with Crippen LogP contribution in [0, 0.1) is 5.92 Å². The van der Waals surface area contributed by atoms with Crippen LogP contribution in [0.1, 0.15) is 32.5 Å². The molecule has 2 rings (SSSR count). The molecule has 1 aromatic heterocycles. The third-order valence-corrected chi connectivity index (χ3v) is 2.59. The second-order valence-corrected chi connectivity index (χ2v) is 5.34. The van der Waals surface area contributed by atoms with E-state index in [0.717, 1.165) is 12.2 Å². The van der Waals surface area contributed by atoms with Gasteiger partial charge in [0.1, 0.15) is 0 Å². The molecule has 2 heterocycles. The van der Waals surface area contributed by atoms with Gasteiger partial charge >= 0.3 is 0 Å². The van der Waals surface area contributed by atoms with Crippen LogP contribution in [0.3, 0.4) is 0 Å². The topological polar surface area (TPSA) is 62.4 Å². The zero-order chi connectivity index (χ0) is 11.8. The summed E-state index contributed by atoms with van der Waals surface area (Å²) in [6.07, 6.45) is 0.848.